The maximum atomic E-state index is 14.4. The van der Waals surface area contributed by atoms with Gasteiger partial charge in [0.25, 0.3) is 0 Å². The molecular formula is C21H26FN3O. The molecule has 2 atom stereocenters. The number of nitrogens with zero attached hydrogens (tertiary/aromatic N) is 3. The van der Waals surface area contributed by atoms with Crippen LogP contribution in [0.1, 0.15) is 24.0 Å². The lowest BCUT2D eigenvalue weighted by molar-refractivity contribution is 0.121. The number of hydrogen-bond acceptors (Lipinski definition) is 4. The maximum Gasteiger partial charge on any atom is 0.131 e. The highest BCUT2D eigenvalue weighted by Crippen LogP contribution is 2.30. The number of methoxy groups -OCH3 is 1. The van der Waals surface area contributed by atoms with Crippen LogP contribution in [0.15, 0.2) is 42.7 Å². The number of piperidine rings is 1. The zero-order chi connectivity index (χ0) is 17.9. The molecule has 2 aromatic rings. The molecule has 1 aromatic heterocycles. The summed E-state index contributed by atoms with van der Waals surface area (Å²) in [6, 6.07) is 9.89. The lowest BCUT2D eigenvalue weighted by Gasteiger charge is -2.36. The van der Waals surface area contributed by atoms with E-state index in [1.165, 1.54) is 24.5 Å². The molecule has 0 aliphatic carbocycles. The lowest BCUT2D eigenvalue weighted by Crippen LogP contribution is -2.43. The highest BCUT2D eigenvalue weighted by atomic mass is 19.1. The molecule has 0 saturated carbocycles. The van der Waals surface area contributed by atoms with Gasteiger partial charge in [0.2, 0.25) is 0 Å². The van der Waals surface area contributed by atoms with E-state index in [-0.39, 0.29) is 5.82 Å². The molecule has 1 aromatic carbocycles. The van der Waals surface area contributed by atoms with Crippen molar-refractivity contribution in [3.63, 3.8) is 0 Å². The number of benzene rings is 1. The normalized spacial score (nSPS) is 23.8. The summed E-state index contributed by atoms with van der Waals surface area (Å²) in [5, 5.41) is 0. The van der Waals surface area contributed by atoms with E-state index < -0.39 is 0 Å². The molecule has 3 aliphatic rings. The van der Waals surface area contributed by atoms with Gasteiger partial charge in [0.1, 0.15) is 11.6 Å². The van der Waals surface area contributed by atoms with Crippen molar-refractivity contribution in [1.29, 1.82) is 0 Å². The summed E-state index contributed by atoms with van der Waals surface area (Å²) in [6.07, 6.45) is 6.20. The van der Waals surface area contributed by atoms with Gasteiger partial charge in [-0.3, -0.25) is 14.8 Å². The second kappa shape index (κ2) is 7.72. The van der Waals surface area contributed by atoms with Gasteiger partial charge in [-0.1, -0.05) is 6.07 Å². The van der Waals surface area contributed by atoms with Gasteiger partial charge in [-0.15, -0.1) is 0 Å². The van der Waals surface area contributed by atoms with Crippen LogP contribution >= 0.6 is 0 Å². The van der Waals surface area contributed by atoms with Crippen molar-refractivity contribution in [3.05, 3.63) is 59.7 Å². The topological polar surface area (TPSA) is 28.6 Å². The molecule has 0 spiro atoms. The van der Waals surface area contributed by atoms with Crippen LogP contribution in [0.5, 0.6) is 5.75 Å². The van der Waals surface area contributed by atoms with Crippen LogP contribution in [0.2, 0.25) is 0 Å². The smallest absolute Gasteiger partial charge is 0.131 e. The first-order chi connectivity index (χ1) is 12.7. The van der Waals surface area contributed by atoms with Crippen LogP contribution < -0.4 is 4.74 Å². The molecule has 0 unspecified atom stereocenters. The van der Waals surface area contributed by atoms with E-state index in [2.05, 4.69) is 26.9 Å². The van der Waals surface area contributed by atoms with E-state index in [0.29, 0.717) is 24.3 Å². The van der Waals surface area contributed by atoms with Crippen LogP contribution in [0.25, 0.3) is 0 Å². The first-order valence-electron chi connectivity index (χ1n) is 9.39. The minimum Gasteiger partial charge on any atom is -0.497 e. The number of aromatic nitrogens is 1. The van der Waals surface area contributed by atoms with Crippen molar-refractivity contribution in [2.45, 2.75) is 32.0 Å². The number of hydrogen-bond donors (Lipinski definition) is 0. The third-order valence-electron chi connectivity index (χ3n) is 5.69. The highest BCUT2D eigenvalue weighted by Gasteiger charge is 2.34. The van der Waals surface area contributed by atoms with Crippen LogP contribution in [-0.2, 0) is 13.1 Å². The van der Waals surface area contributed by atoms with Crippen molar-refractivity contribution in [3.8, 4) is 5.75 Å². The molecule has 4 nitrogen and oxygen atoms in total. The molecule has 0 amide bonds. The highest BCUT2D eigenvalue weighted by molar-refractivity contribution is 5.29. The third kappa shape index (κ3) is 3.89. The number of ether oxygens (including phenoxy) is 1. The van der Waals surface area contributed by atoms with E-state index >= 15 is 0 Å². The number of halogens is 1. The van der Waals surface area contributed by atoms with E-state index in [9.17, 15) is 4.39 Å². The minimum absolute atomic E-state index is 0.168. The van der Waals surface area contributed by atoms with E-state index in [1.54, 1.807) is 7.11 Å². The fraction of sp³-hybridized carbons (Fsp3) is 0.476. The predicted molar refractivity (Wildman–Crippen MR) is 99.4 cm³/mol. The number of fused-ring (bicyclic) bond motifs is 4. The molecule has 4 heterocycles. The third-order valence-corrected chi connectivity index (χ3v) is 5.69. The van der Waals surface area contributed by atoms with Gasteiger partial charge in [-0.25, -0.2) is 4.39 Å². The summed E-state index contributed by atoms with van der Waals surface area (Å²) in [4.78, 5) is 9.14. The van der Waals surface area contributed by atoms with Gasteiger partial charge in [-0.05, 0) is 42.5 Å². The quantitative estimate of drug-likeness (QED) is 0.823. The van der Waals surface area contributed by atoms with E-state index in [1.807, 2.05) is 24.5 Å². The SMILES string of the molecule is COc1ccc(CN2C[C@H]3CC[C@@H]2CN(Cc2ccncc2)C3)c(F)c1. The van der Waals surface area contributed by atoms with Gasteiger partial charge < -0.3 is 4.74 Å². The molecule has 138 valence electrons. The van der Waals surface area contributed by atoms with Crippen LogP contribution in [-0.4, -0.2) is 47.6 Å². The molecule has 2 bridgehead atoms. The second-order valence-electron chi connectivity index (χ2n) is 7.53. The van der Waals surface area contributed by atoms with Gasteiger partial charge >= 0.3 is 0 Å². The number of rotatable bonds is 5. The molecule has 0 radical (unpaired) electrons. The average Bonchev–Trinajstić information content (AvgIpc) is 2.94. The summed E-state index contributed by atoms with van der Waals surface area (Å²) in [7, 11) is 1.57. The van der Waals surface area contributed by atoms with Crippen LogP contribution in [0, 0.1) is 11.7 Å². The molecule has 26 heavy (non-hydrogen) atoms. The van der Waals surface area contributed by atoms with Gasteiger partial charge in [-0.2, -0.15) is 0 Å². The second-order valence-corrected chi connectivity index (χ2v) is 7.53. The lowest BCUT2D eigenvalue weighted by atomic mass is 9.94. The van der Waals surface area contributed by atoms with Crippen molar-refractivity contribution < 1.29 is 9.13 Å². The summed E-state index contributed by atoms with van der Waals surface area (Å²) in [5.41, 5.74) is 2.08. The Bertz CT molecular complexity index is 739. The molecule has 5 rings (SSSR count). The summed E-state index contributed by atoms with van der Waals surface area (Å²) < 4.78 is 19.5. The summed E-state index contributed by atoms with van der Waals surface area (Å²) in [6.45, 7) is 4.89. The predicted octanol–water partition coefficient (Wildman–Crippen LogP) is 3.33. The maximum absolute atomic E-state index is 14.4. The molecule has 3 saturated heterocycles. The Morgan fingerprint density at radius 1 is 1.08 bits per heavy atom. The summed E-state index contributed by atoms with van der Waals surface area (Å²) >= 11 is 0. The molecule has 5 heteroatoms. The molecule has 3 fully saturated rings. The van der Waals surface area contributed by atoms with Crippen molar-refractivity contribution in [2.75, 3.05) is 26.7 Å². The minimum atomic E-state index is -0.168. The average molecular weight is 355 g/mol. The van der Waals surface area contributed by atoms with Crippen molar-refractivity contribution in [2.24, 2.45) is 5.92 Å². The van der Waals surface area contributed by atoms with Gasteiger partial charge in [0.05, 0.1) is 7.11 Å². The largest absolute Gasteiger partial charge is 0.497 e. The Kier molecular flexibility index (Phi) is 5.18. The first kappa shape index (κ1) is 17.4. The zero-order valence-corrected chi connectivity index (χ0v) is 15.3. The Balaban J connectivity index is 1.45. The fourth-order valence-corrected chi connectivity index (χ4v) is 4.35. The first-order valence-corrected chi connectivity index (χ1v) is 9.39. The Morgan fingerprint density at radius 3 is 2.69 bits per heavy atom. The van der Waals surface area contributed by atoms with Crippen LogP contribution in [0.4, 0.5) is 4.39 Å². The zero-order valence-electron chi connectivity index (χ0n) is 15.3. The molecule has 0 N–H and O–H groups in total. The van der Waals surface area contributed by atoms with Gasteiger partial charge in [0, 0.05) is 62.8 Å². The fourth-order valence-electron chi connectivity index (χ4n) is 4.35. The van der Waals surface area contributed by atoms with Crippen molar-refractivity contribution >= 4 is 0 Å². The monoisotopic (exact) mass is 355 g/mol. The van der Waals surface area contributed by atoms with Crippen molar-refractivity contribution in [1.82, 2.24) is 14.8 Å². The molecule has 3 aliphatic heterocycles. The Hall–Kier alpha value is -1.98. The van der Waals surface area contributed by atoms with Gasteiger partial charge in [0.15, 0.2) is 0 Å². The standard InChI is InChI=1S/C21H26FN3O/c1-26-20-5-3-18(21(22)10-20)14-25-13-17-2-4-19(25)15-24(12-17)11-16-6-8-23-9-7-16/h3,5-10,17,19H,2,4,11-15H2,1H3/t17-,19+/m0/s1. The number of pyridine rings is 1. The summed E-state index contributed by atoms with van der Waals surface area (Å²) in [5.74, 6) is 1.07. The Labute approximate surface area is 154 Å². The van der Waals surface area contributed by atoms with E-state index in [4.69, 9.17) is 4.74 Å². The molecular weight excluding hydrogens is 329 g/mol. The Morgan fingerprint density at radius 2 is 1.92 bits per heavy atom. The van der Waals surface area contributed by atoms with E-state index in [0.717, 1.165) is 31.7 Å². The van der Waals surface area contributed by atoms with Crippen LogP contribution in [0.3, 0.4) is 0 Å².